The van der Waals surface area contributed by atoms with Crippen molar-refractivity contribution in [2.24, 2.45) is 0 Å². The number of halogens is 3. The van der Waals surface area contributed by atoms with Crippen LogP contribution < -0.4 is 9.46 Å². The molecular weight excluding hydrogens is 332 g/mol. The van der Waals surface area contributed by atoms with Crippen molar-refractivity contribution in [3.05, 3.63) is 40.7 Å². The Hall–Kier alpha value is -1.38. The molecule has 2 aromatic rings. The summed E-state index contributed by atoms with van der Waals surface area (Å²) in [6, 6.07) is 8.28. The highest BCUT2D eigenvalue weighted by molar-refractivity contribution is 7.94. The molecule has 0 spiro atoms. The molecule has 0 aliphatic heterocycles. The Morgan fingerprint density at radius 1 is 1.20 bits per heavy atom. The van der Waals surface area contributed by atoms with Gasteiger partial charge in [0, 0.05) is 0 Å². The van der Waals surface area contributed by atoms with Crippen LogP contribution in [0.2, 0.25) is 4.34 Å². The molecule has 0 fully saturated rings. The van der Waals surface area contributed by atoms with Crippen molar-refractivity contribution in [2.75, 3.05) is 4.72 Å². The lowest BCUT2D eigenvalue weighted by molar-refractivity contribution is -0.0493. The van der Waals surface area contributed by atoms with E-state index in [1.54, 1.807) is 0 Å². The van der Waals surface area contributed by atoms with Gasteiger partial charge in [0.05, 0.1) is 10.0 Å². The number of hydrogen-bond acceptors (Lipinski definition) is 4. The normalized spacial score (nSPS) is 11.6. The highest BCUT2D eigenvalue weighted by Crippen LogP contribution is 2.31. The zero-order chi connectivity index (χ0) is 14.8. The van der Waals surface area contributed by atoms with E-state index < -0.39 is 16.6 Å². The predicted octanol–water partition coefficient (Wildman–Crippen LogP) is 3.80. The molecule has 0 unspecified atom stereocenters. The Labute approximate surface area is 123 Å². The lowest BCUT2D eigenvalue weighted by atomic mass is 10.3. The fourth-order valence-electron chi connectivity index (χ4n) is 1.39. The van der Waals surface area contributed by atoms with E-state index in [9.17, 15) is 17.2 Å². The second-order valence-corrected chi connectivity index (χ2v) is 7.16. The summed E-state index contributed by atoms with van der Waals surface area (Å²) in [4.78, 5) is 0. The van der Waals surface area contributed by atoms with Gasteiger partial charge < -0.3 is 4.74 Å². The number of anilines is 1. The number of nitrogens with one attached hydrogen (secondary N) is 1. The molecule has 1 aromatic carbocycles. The minimum absolute atomic E-state index is 0.0191. The minimum Gasteiger partial charge on any atom is -0.433 e. The van der Waals surface area contributed by atoms with Crippen LogP contribution in [0, 0.1) is 0 Å². The smallest absolute Gasteiger partial charge is 0.387 e. The van der Waals surface area contributed by atoms with Gasteiger partial charge in [-0.25, -0.2) is 8.42 Å². The van der Waals surface area contributed by atoms with E-state index in [2.05, 4.69) is 9.46 Å². The SMILES string of the molecule is O=S(=O)(Nc1ccccc1OC(F)F)c1ccc(Cl)s1. The van der Waals surface area contributed by atoms with Crippen LogP contribution in [0.1, 0.15) is 0 Å². The summed E-state index contributed by atoms with van der Waals surface area (Å²) >= 11 is 6.53. The van der Waals surface area contributed by atoms with Gasteiger partial charge in [-0.1, -0.05) is 23.7 Å². The van der Waals surface area contributed by atoms with Crippen LogP contribution in [0.3, 0.4) is 0 Å². The zero-order valence-corrected chi connectivity index (χ0v) is 12.1. The van der Waals surface area contributed by atoms with Crippen molar-refractivity contribution in [3.8, 4) is 5.75 Å². The number of ether oxygens (including phenoxy) is 1. The fraction of sp³-hybridized carbons (Fsp3) is 0.0909. The maximum absolute atomic E-state index is 12.2. The molecule has 1 heterocycles. The summed E-state index contributed by atoms with van der Waals surface area (Å²) in [5.74, 6) is -0.256. The largest absolute Gasteiger partial charge is 0.433 e. The Morgan fingerprint density at radius 3 is 2.50 bits per heavy atom. The number of alkyl halides is 2. The molecule has 0 amide bonds. The van der Waals surface area contributed by atoms with Crippen molar-refractivity contribution < 1.29 is 21.9 Å². The highest BCUT2D eigenvalue weighted by atomic mass is 35.5. The molecule has 1 aromatic heterocycles. The molecule has 2 rings (SSSR count). The molecular formula is C11H8ClF2NO3S2. The van der Waals surface area contributed by atoms with Gasteiger partial charge in [0.15, 0.2) is 0 Å². The molecule has 0 saturated carbocycles. The van der Waals surface area contributed by atoms with Gasteiger partial charge in [-0.2, -0.15) is 8.78 Å². The third-order valence-corrected chi connectivity index (χ3v) is 5.25. The fourth-order valence-corrected chi connectivity index (χ4v) is 3.94. The lowest BCUT2D eigenvalue weighted by Gasteiger charge is -2.12. The summed E-state index contributed by atoms with van der Waals surface area (Å²) in [6.07, 6.45) is 0. The van der Waals surface area contributed by atoms with Crippen LogP contribution >= 0.6 is 22.9 Å². The number of sulfonamides is 1. The molecule has 0 bridgehead atoms. The number of benzene rings is 1. The first kappa shape index (κ1) is 15.0. The number of thiophene rings is 1. The molecule has 4 nitrogen and oxygen atoms in total. The molecule has 0 aliphatic rings. The number of para-hydroxylation sites is 2. The van der Waals surface area contributed by atoms with Crippen molar-refractivity contribution in [1.29, 1.82) is 0 Å². The molecule has 0 aliphatic carbocycles. The molecule has 0 saturated heterocycles. The first-order valence-electron chi connectivity index (χ1n) is 5.20. The Kier molecular flexibility index (Phi) is 4.46. The van der Waals surface area contributed by atoms with Gasteiger partial charge in [0.25, 0.3) is 10.0 Å². The number of rotatable bonds is 5. The molecule has 1 N–H and O–H groups in total. The summed E-state index contributed by atoms with van der Waals surface area (Å²) < 4.78 is 55.3. The Morgan fingerprint density at radius 2 is 1.90 bits per heavy atom. The highest BCUT2D eigenvalue weighted by Gasteiger charge is 2.19. The van der Waals surface area contributed by atoms with Crippen LogP contribution in [-0.4, -0.2) is 15.0 Å². The van der Waals surface area contributed by atoms with E-state index >= 15 is 0 Å². The summed E-state index contributed by atoms with van der Waals surface area (Å²) in [5, 5.41) is 0. The monoisotopic (exact) mass is 339 g/mol. The third-order valence-electron chi connectivity index (χ3n) is 2.16. The van der Waals surface area contributed by atoms with E-state index in [1.165, 1.54) is 36.4 Å². The molecule has 0 atom stereocenters. The average molecular weight is 340 g/mol. The summed E-state index contributed by atoms with van der Waals surface area (Å²) in [6.45, 7) is -3.04. The standard InChI is InChI=1S/C11H8ClF2NO3S2/c12-9-5-6-10(19-9)20(16,17)15-7-3-1-2-4-8(7)18-11(13)14/h1-6,11,15H. The van der Waals surface area contributed by atoms with E-state index in [-0.39, 0.29) is 15.6 Å². The van der Waals surface area contributed by atoms with E-state index in [4.69, 9.17) is 11.6 Å². The van der Waals surface area contributed by atoms with Crippen LogP contribution in [0.25, 0.3) is 0 Å². The van der Waals surface area contributed by atoms with E-state index in [1.807, 2.05) is 0 Å². The second kappa shape index (κ2) is 5.94. The van der Waals surface area contributed by atoms with Gasteiger partial charge in [-0.05, 0) is 24.3 Å². The first-order valence-corrected chi connectivity index (χ1v) is 7.88. The summed E-state index contributed by atoms with van der Waals surface area (Å²) in [5.41, 5.74) is -0.0719. The molecule has 108 valence electrons. The first-order chi connectivity index (χ1) is 9.38. The second-order valence-electron chi connectivity index (χ2n) is 3.54. The summed E-state index contributed by atoms with van der Waals surface area (Å²) in [7, 11) is -3.89. The van der Waals surface area contributed by atoms with Gasteiger partial charge in [0.1, 0.15) is 9.96 Å². The minimum atomic E-state index is -3.89. The maximum Gasteiger partial charge on any atom is 0.387 e. The zero-order valence-electron chi connectivity index (χ0n) is 9.72. The average Bonchev–Trinajstić information content (AvgIpc) is 2.78. The van der Waals surface area contributed by atoms with Crippen LogP contribution in [-0.2, 0) is 10.0 Å². The van der Waals surface area contributed by atoms with Crippen molar-refractivity contribution in [3.63, 3.8) is 0 Å². The van der Waals surface area contributed by atoms with Gasteiger partial charge in [0.2, 0.25) is 0 Å². The van der Waals surface area contributed by atoms with E-state index in [0.29, 0.717) is 4.34 Å². The third kappa shape index (κ3) is 3.59. The van der Waals surface area contributed by atoms with Gasteiger partial charge >= 0.3 is 6.61 Å². The van der Waals surface area contributed by atoms with Crippen molar-refractivity contribution >= 4 is 38.6 Å². The molecule has 20 heavy (non-hydrogen) atoms. The maximum atomic E-state index is 12.2. The quantitative estimate of drug-likeness (QED) is 0.901. The number of hydrogen-bond donors (Lipinski definition) is 1. The van der Waals surface area contributed by atoms with Crippen molar-refractivity contribution in [2.45, 2.75) is 10.8 Å². The van der Waals surface area contributed by atoms with Gasteiger partial charge in [-0.3, -0.25) is 4.72 Å². The van der Waals surface area contributed by atoms with Crippen LogP contribution in [0.4, 0.5) is 14.5 Å². The van der Waals surface area contributed by atoms with Gasteiger partial charge in [-0.15, -0.1) is 11.3 Å². The molecule has 0 radical (unpaired) electrons. The molecule has 9 heteroatoms. The Bertz CT molecular complexity index is 703. The van der Waals surface area contributed by atoms with E-state index in [0.717, 1.165) is 11.3 Å². The predicted molar refractivity (Wildman–Crippen MR) is 73.2 cm³/mol. The van der Waals surface area contributed by atoms with Crippen LogP contribution in [0.15, 0.2) is 40.6 Å². The topological polar surface area (TPSA) is 55.4 Å². The van der Waals surface area contributed by atoms with Crippen LogP contribution in [0.5, 0.6) is 5.75 Å². The Balaban J connectivity index is 2.30. The lowest BCUT2D eigenvalue weighted by Crippen LogP contribution is -2.13. The van der Waals surface area contributed by atoms with Crippen molar-refractivity contribution in [1.82, 2.24) is 0 Å².